The van der Waals surface area contributed by atoms with Crippen LogP contribution in [0.1, 0.15) is 15.9 Å². The van der Waals surface area contributed by atoms with Gasteiger partial charge in [0.1, 0.15) is 0 Å². The van der Waals surface area contributed by atoms with Crippen LogP contribution in [0, 0.1) is 6.92 Å². The Labute approximate surface area is 208 Å². The fourth-order valence-electron chi connectivity index (χ4n) is 3.89. The Morgan fingerprint density at radius 3 is 1.94 bits per heavy atom. The fraction of sp³-hybridized carbons (Fsp3) is 0.0667. The number of amides is 1. The van der Waals surface area contributed by atoms with Gasteiger partial charge in [0, 0.05) is 16.8 Å². The summed E-state index contributed by atoms with van der Waals surface area (Å²) in [6, 6.07) is 32.1. The van der Waals surface area contributed by atoms with Crippen LogP contribution in [0.5, 0.6) is 0 Å². The Kier molecular flexibility index (Phi) is 6.49. The minimum Gasteiger partial charge on any atom is -0.452 e. The molecule has 4 aromatic carbocycles. The molecule has 36 heavy (non-hydrogen) atoms. The highest BCUT2D eigenvalue weighted by molar-refractivity contribution is 5.98. The number of nitrogens with zero attached hydrogens (tertiary/aromatic N) is 2. The fourth-order valence-corrected chi connectivity index (χ4v) is 3.89. The number of hydrogen-bond donors (Lipinski definition) is 1. The van der Waals surface area contributed by atoms with Crippen molar-refractivity contribution < 1.29 is 14.3 Å². The molecule has 6 nitrogen and oxygen atoms in total. The average molecular weight is 474 g/mol. The SMILES string of the molecule is Cc1ccccc1NC(=O)COC(=O)c1ccc2nc(-c3ccccc3)c(-c3ccccc3)nc2c1. The zero-order chi connectivity index (χ0) is 24.9. The zero-order valence-electron chi connectivity index (χ0n) is 19.6. The summed E-state index contributed by atoms with van der Waals surface area (Å²) in [6.07, 6.45) is 0. The van der Waals surface area contributed by atoms with Crippen molar-refractivity contribution in [1.29, 1.82) is 0 Å². The highest BCUT2D eigenvalue weighted by Gasteiger charge is 2.16. The van der Waals surface area contributed by atoms with E-state index in [1.54, 1.807) is 24.3 Å². The first-order chi connectivity index (χ1) is 17.6. The maximum atomic E-state index is 12.7. The first kappa shape index (κ1) is 22.9. The molecule has 0 atom stereocenters. The van der Waals surface area contributed by atoms with E-state index in [2.05, 4.69) is 5.32 Å². The van der Waals surface area contributed by atoms with Gasteiger partial charge in [0.05, 0.1) is 28.0 Å². The average Bonchev–Trinajstić information content (AvgIpc) is 2.93. The number of nitrogens with one attached hydrogen (secondary N) is 1. The largest absolute Gasteiger partial charge is 0.452 e. The van der Waals surface area contributed by atoms with E-state index in [1.165, 1.54) is 0 Å². The normalized spacial score (nSPS) is 10.7. The summed E-state index contributed by atoms with van der Waals surface area (Å²) in [5.74, 6) is -1.01. The van der Waals surface area contributed by atoms with Gasteiger partial charge in [-0.2, -0.15) is 0 Å². The minimum absolute atomic E-state index is 0.298. The van der Waals surface area contributed by atoms with Gasteiger partial charge >= 0.3 is 5.97 Å². The second-order valence-electron chi connectivity index (χ2n) is 8.30. The predicted octanol–water partition coefficient (Wildman–Crippen LogP) is 6.07. The molecular formula is C30H23N3O3. The standard InChI is InChI=1S/C30H23N3O3/c1-20-10-8-9-15-24(20)31-27(34)19-36-30(35)23-16-17-25-26(18-23)33-29(22-13-6-3-7-14-22)28(32-25)21-11-4-2-5-12-21/h2-18H,19H2,1H3,(H,31,34). The van der Waals surface area contributed by atoms with Crippen molar-refractivity contribution in [3.63, 3.8) is 0 Å². The van der Waals surface area contributed by atoms with Gasteiger partial charge in [-0.15, -0.1) is 0 Å². The van der Waals surface area contributed by atoms with E-state index >= 15 is 0 Å². The number of fused-ring (bicyclic) bond motifs is 1. The van der Waals surface area contributed by atoms with Crippen molar-refractivity contribution in [2.24, 2.45) is 0 Å². The van der Waals surface area contributed by atoms with Crippen LogP contribution in [0.3, 0.4) is 0 Å². The summed E-state index contributed by atoms with van der Waals surface area (Å²) < 4.78 is 5.26. The van der Waals surface area contributed by atoms with Gasteiger partial charge in [0.15, 0.2) is 6.61 Å². The maximum Gasteiger partial charge on any atom is 0.338 e. The molecule has 0 fully saturated rings. The number of rotatable bonds is 6. The molecule has 5 aromatic rings. The molecule has 0 spiro atoms. The van der Waals surface area contributed by atoms with Crippen LogP contribution in [-0.4, -0.2) is 28.5 Å². The third-order valence-electron chi connectivity index (χ3n) is 5.75. The van der Waals surface area contributed by atoms with E-state index in [0.717, 1.165) is 28.1 Å². The van der Waals surface area contributed by atoms with Gasteiger partial charge in [0.25, 0.3) is 5.91 Å². The van der Waals surface area contributed by atoms with Crippen molar-refractivity contribution in [3.8, 4) is 22.5 Å². The molecule has 0 unspecified atom stereocenters. The first-order valence-corrected chi connectivity index (χ1v) is 11.5. The summed E-state index contributed by atoms with van der Waals surface area (Å²) in [5.41, 5.74) is 6.48. The number of aromatic nitrogens is 2. The summed E-state index contributed by atoms with van der Waals surface area (Å²) in [6.45, 7) is 1.50. The van der Waals surface area contributed by atoms with Crippen molar-refractivity contribution in [2.75, 3.05) is 11.9 Å². The topological polar surface area (TPSA) is 81.2 Å². The van der Waals surface area contributed by atoms with Crippen LogP contribution < -0.4 is 5.32 Å². The molecule has 0 bridgehead atoms. The molecule has 1 aromatic heterocycles. The Morgan fingerprint density at radius 2 is 1.31 bits per heavy atom. The van der Waals surface area contributed by atoms with Crippen molar-refractivity contribution in [3.05, 3.63) is 114 Å². The lowest BCUT2D eigenvalue weighted by molar-refractivity contribution is -0.119. The molecule has 0 aliphatic rings. The van der Waals surface area contributed by atoms with Gasteiger partial charge in [-0.1, -0.05) is 78.9 Å². The molecule has 1 amide bonds. The van der Waals surface area contributed by atoms with E-state index in [0.29, 0.717) is 22.3 Å². The van der Waals surface area contributed by atoms with Gasteiger partial charge in [-0.05, 0) is 36.8 Å². The molecule has 5 rings (SSSR count). The Bertz CT molecular complexity index is 1550. The lowest BCUT2D eigenvalue weighted by Gasteiger charge is -2.11. The van der Waals surface area contributed by atoms with E-state index in [-0.39, 0.29) is 6.61 Å². The number of carbonyl (C=O) groups is 2. The molecule has 0 saturated heterocycles. The Morgan fingerprint density at radius 1 is 0.722 bits per heavy atom. The van der Waals surface area contributed by atoms with Crippen molar-refractivity contribution >= 4 is 28.6 Å². The summed E-state index contributed by atoms with van der Waals surface area (Å²) in [5, 5.41) is 2.76. The second-order valence-corrected chi connectivity index (χ2v) is 8.30. The minimum atomic E-state index is -0.605. The van der Waals surface area contributed by atoms with Gasteiger partial charge in [-0.3, -0.25) is 4.79 Å². The zero-order valence-corrected chi connectivity index (χ0v) is 19.6. The second kappa shape index (κ2) is 10.2. The number of ether oxygens (including phenoxy) is 1. The molecule has 0 radical (unpaired) electrons. The van der Waals surface area contributed by atoms with Crippen LogP contribution in [0.4, 0.5) is 5.69 Å². The molecule has 1 N–H and O–H groups in total. The smallest absolute Gasteiger partial charge is 0.338 e. The number of hydrogen-bond acceptors (Lipinski definition) is 5. The van der Waals surface area contributed by atoms with Crippen LogP contribution in [0.25, 0.3) is 33.5 Å². The van der Waals surface area contributed by atoms with E-state index in [1.807, 2.05) is 85.8 Å². The van der Waals surface area contributed by atoms with Crippen LogP contribution in [0.15, 0.2) is 103 Å². The number of benzene rings is 4. The summed E-state index contributed by atoms with van der Waals surface area (Å²) >= 11 is 0. The van der Waals surface area contributed by atoms with Gasteiger partial charge in [0.2, 0.25) is 0 Å². The van der Waals surface area contributed by atoms with E-state index in [9.17, 15) is 9.59 Å². The number of anilines is 1. The molecule has 0 aliphatic heterocycles. The lowest BCUT2D eigenvalue weighted by atomic mass is 10.0. The highest BCUT2D eigenvalue weighted by atomic mass is 16.5. The van der Waals surface area contributed by atoms with Crippen LogP contribution in [-0.2, 0) is 9.53 Å². The van der Waals surface area contributed by atoms with Gasteiger partial charge in [-0.25, -0.2) is 14.8 Å². The van der Waals surface area contributed by atoms with E-state index < -0.39 is 11.9 Å². The van der Waals surface area contributed by atoms with Crippen molar-refractivity contribution in [2.45, 2.75) is 6.92 Å². The molecule has 0 aliphatic carbocycles. The predicted molar refractivity (Wildman–Crippen MR) is 141 cm³/mol. The van der Waals surface area contributed by atoms with Crippen LogP contribution in [0.2, 0.25) is 0 Å². The van der Waals surface area contributed by atoms with Gasteiger partial charge < -0.3 is 10.1 Å². The molecule has 6 heteroatoms. The molecule has 1 heterocycles. The number of carbonyl (C=O) groups excluding carboxylic acids is 2. The van der Waals surface area contributed by atoms with Crippen LogP contribution >= 0.6 is 0 Å². The highest BCUT2D eigenvalue weighted by Crippen LogP contribution is 2.31. The van der Waals surface area contributed by atoms with E-state index in [4.69, 9.17) is 14.7 Å². The number of para-hydroxylation sites is 1. The lowest BCUT2D eigenvalue weighted by Crippen LogP contribution is -2.21. The Hall–Kier alpha value is -4.84. The molecule has 176 valence electrons. The number of aryl methyl sites for hydroxylation is 1. The maximum absolute atomic E-state index is 12.7. The van der Waals surface area contributed by atoms with Crippen molar-refractivity contribution in [1.82, 2.24) is 9.97 Å². The quantitative estimate of drug-likeness (QED) is 0.303. The summed E-state index contributed by atoms with van der Waals surface area (Å²) in [7, 11) is 0. The third-order valence-corrected chi connectivity index (χ3v) is 5.75. The monoisotopic (exact) mass is 473 g/mol. The Balaban J connectivity index is 1.41. The molecule has 0 saturated carbocycles. The molecular weight excluding hydrogens is 450 g/mol. The third kappa shape index (κ3) is 4.98. The summed E-state index contributed by atoms with van der Waals surface area (Å²) in [4.78, 5) is 34.7. The number of esters is 1. The first-order valence-electron chi connectivity index (χ1n) is 11.5.